The van der Waals surface area contributed by atoms with Gasteiger partial charge in [0.2, 0.25) is 5.91 Å². The molecule has 0 aliphatic carbocycles. The van der Waals surface area contributed by atoms with Crippen molar-refractivity contribution in [1.29, 1.82) is 0 Å². The van der Waals surface area contributed by atoms with Gasteiger partial charge >= 0.3 is 0 Å². The summed E-state index contributed by atoms with van der Waals surface area (Å²) in [4.78, 5) is 17.1. The molecule has 140 valence electrons. The minimum absolute atomic E-state index is 0.0184. The summed E-state index contributed by atoms with van der Waals surface area (Å²) in [5.41, 5.74) is 0.523. The quantitative estimate of drug-likeness (QED) is 0.719. The van der Waals surface area contributed by atoms with E-state index < -0.39 is 15.8 Å². The third-order valence-electron chi connectivity index (χ3n) is 4.27. The molecule has 1 aliphatic rings. The zero-order chi connectivity index (χ0) is 19.2. The average Bonchev–Trinajstić information content (AvgIpc) is 3.17. The number of hydrogen-bond acceptors (Lipinski definition) is 4. The maximum atomic E-state index is 14.5. The molecule has 1 fully saturated rings. The number of fused-ring (bicyclic) bond motifs is 1. The Labute approximate surface area is 159 Å². The van der Waals surface area contributed by atoms with Crippen LogP contribution in [0.15, 0.2) is 47.6 Å². The summed E-state index contributed by atoms with van der Waals surface area (Å²) < 4.78 is 43.6. The molecule has 1 saturated heterocycles. The standard InChI is InChI=1S/C17H14ClFN4O3S/c18-16-17(23-8-2-1-4-14(23)20-16)27(25,26)21-11-6-7-13(12(19)10-11)22-9-3-5-15(22)24/h1-2,4,6-8,10,21H,3,5,9H2. The van der Waals surface area contributed by atoms with Crippen molar-refractivity contribution in [2.75, 3.05) is 16.2 Å². The molecule has 0 spiro atoms. The lowest BCUT2D eigenvalue weighted by Crippen LogP contribution is -2.24. The third kappa shape index (κ3) is 3.13. The van der Waals surface area contributed by atoms with Crippen molar-refractivity contribution < 1.29 is 17.6 Å². The summed E-state index contributed by atoms with van der Waals surface area (Å²) in [7, 11) is -4.12. The number of rotatable bonds is 4. The Bertz CT molecular complexity index is 1160. The number of carbonyl (C=O) groups excluding carboxylic acids is 1. The van der Waals surface area contributed by atoms with Gasteiger partial charge < -0.3 is 4.90 Å². The van der Waals surface area contributed by atoms with Gasteiger partial charge in [-0.2, -0.15) is 8.42 Å². The molecule has 1 amide bonds. The first-order valence-electron chi connectivity index (χ1n) is 8.12. The first kappa shape index (κ1) is 17.7. The highest BCUT2D eigenvalue weighted by atomic mass is 35.5. The van der Waals surface area contributed by atoms with E-state index in [2.05, 4.69) is 9.71 Å². The highest BCUT2D eigenvalue weighted by Gasteiger charge is 2.27. The van der Waals surface area contributed by atoms with Crippen molar-refractivity contribution in [2.24, 2.45) is 0 Å². The number of hydrogen-bond donors (Lipinski definition) is 1. The number of nitrogens with zero attached hydrogens (tertiary/aromatic N) is 3. The predicted molar refractivity (Wildman–Crippen MR) is 99.0 cm³/mol. The third-order valence-corrected chi connectivity index (χ3v) is 6.04. The summed E-state index contributed by atoms with van der Waals surface area (Å²) in [6.07, 6.45) is 2.56. The number of nitrogens with one attached hydrogen (secondary N) is 1. The Morgan fingerprint density at radius 3 is 2.74 bits per heavy atom. The average molecular weight is 409 g/mol. The summed E-state index contributed by atoms with van der Waals surface area (Å²) in [6.45, 7) is 0.443. The van der Waals surface area contributed by atoms with Crippen LogP contribution in [0.25, 0.3) is 5.65 Å². The van der Waals surface area contributed by atoms with Crippen LogP contribution >= 0.6 is 11.6 Å². The molecule has 27 heavy (non-hydrogen) atoms. The van der Waals surface area contributed by atoms with Crippen LogP contribution in [-0.4, -0.2) is 30.3 Å². The molecule has 3 aromatic rings. The number of amides is 1. The number of imidazole rings is 1. The smallest absolute Gasteiger partial charge is 0.281 e. The van der Waals surface area contributed by atoms with E-state index in [9.17, 15) is 17.6 Å². The second-order valence-corrected chi connectivity index (χ2v) is 8.01. The number of aromatic nitrogens is 2. The number of benzene rings is 1. The van der Waals surface area contributed by atoms with Gasteiger partial charge in [0.25, 0.3) is 10.0 Å². The lowest BCUT2D eigenvalue weighted by Gasteiger charge is -2.17. The highest BCUT2D eigenvalue weighted by Crippen LogP contribution is 2.29. The van der Waals surface area contributed by atoms with Crippen LogP contribution in [-0.2, 0) is 14.8 Å². The fourth-order valence-corrected chi connectivity index (χ4v) is 4.78. The van der Waals surface area contributed by atoms with E-state index in [0.29, 0.717) is 25.0 Å². The van der Waals surface area contributed by atoms with E-state index in [4.69, 9.17) is 11.6 Å². The van der Waals surface area contributed by atoms with E-state index >= 15 is 0 Å². The van der Waals surface area contributed by atoms with Crippen LogP contribution in [0.5, 0.6) is 0 Å². The van der Waals surface area contributed by atoms with E-state index in [1.54, 1.807) is 18.2 Å². The van der Waals surface area contributed by atoms with Gasteiger partial charge in [-0.3, -0.25) is 13.9 Å². The van der Waals surface area contributed by atoms with Gasteiger partial charge in [0.15, 0.2) is 10.2 Å². The van der Waals surface area contributed by atoms with Gasteiger partial charge in [-0.1, -0.05) is 17.7 Å². The summed E-state index contributed by atoms with van der Waals surface area (Å²) in [6, 6.07) is 8.79. The topological polar surface area (TPSA) is 83.8 Å². The van der Waals surface area contributed by atoms with Crippen LogP contribution in [0, 0.1) is 5.82 Å². The van der Waals surface area contributed by atoms with Crippen molar-refractivity contribution >= 4 is 44.6 Å². The first-order chi connectivity index (χ1) is 12.9. The molecular formula is C17H14ClFN4O3S. The van der Waals surface area contributed by atoms with Crippen molar-refractivity contribution in [2.45, 2.75) is 17.9 Å². The molecule has 2 aromatic heterocycles. The molecule has 0 bridgehead atoms. The fraction of sp³-hybridized carbons (Fsp3) is 0.176. The monoisotopic (exact) mass is 408 g/mol. The molecule has 1 aliphatic heterocycles. The number of sulfonamides is 1. The van der Waals surface area contributed by atoms with Crippen LogP contribution in [0.4, 0.5) is 15.8 Å². The van der Waals surface area contributed by atoms with Gasteiger partial charge in [-0.15, -0.1) is 0 Å². The van der Waals surface area contributed by atoms with E-state index in [1.807, 2.05) is 0 Å². The van der Waals surface area contributed by atoms with Gasteiger partial charge in [0.1, 0.15) is 11.5 Å². The van der Waals surface area contributed by atoms with Crippen LogP contribution in [0.2, 0.25) is 5.15 Å². The molecule has 0 unspecified atom stereocenters. The van der Waals surface area contributed by atoms with Gasteiger partial charge in [-0.25, -0.2) is 9.37 Å². The normalized spacial score (nSPS) is 14.9. The Morgan fingerprint density at radius 2 is 2.04 bits per heavy atom. The van der Waals surface area contributed by atoms with Gasteiger partial charge in [0.05, 0.1) is 11.4 Å². The second kappa shape index (κ2) is 6.50. The Balaban J connectivity index is 1.68. The zero-order valence-electron chi connectivity index (χ0n) is 13.9. The number of halogens is 2. The predicted octanol–water partition coefficient (Wildman–Crippen LogP) is 3.05. The Kier molecular flexibility index (Phi) is 4.27. The van der Waals surface area contributed by atoms with E-state index in [1.165, 1.54) is 27.6 Å². The molecule has 0 saturated carbocycles. The van der Waals surface area contributed by atoms with Gasteiger partial charge in [-0.05, 0) is 30.7 Å². The van der Waals surface area contributed by atoms with E-state index in [0.717, 1.165) is 6.07 Å². The maximum absolute atomic E-state index is 14.5. The van der Waals surface area contributed by atoms with Crippen molar-refractivity contribution in [3.05, 3.63) is 53.6 Å². The van der Waals surface area contributed by atoms with Crippen LogP contribution < -0.4 is 9.62 Å². The largest absolute Gasteiger partial charge is 0.310 e. The maximum Gasteiger partial charge on any atom is 0.281 e. The molecule has 0 atom stereocenters. The van der Waals surface area contributed by atoms with Crippen molar-refractivity contribution in [3.63, 3.8) is 0 Å². The lowest BCUT2D eigenvalue weighted by molar-refractivity contribution is -0.117. The van der Waals surface area contributed by atoms with Crippen LogP contribution in [0.1, 0.15) is 12.8 Å². The van der Waals surface area contributed by atoms with Crippen molar-refractivity contribution in [3.8, 4) is 0 Å². The summed E-state index contributed by atoms with van der Waals surface area (Å²) in [5.74, 6) is -0.838. The molecule has 4 rings (SSSR count). The number of anilines is 2. The minimum atomic E-state index is -4.12. The van der Waals surface area contributed by atoms with E-state index in [-0.39, 0.29) is 27.5 Å². The van der Waals surface area contributed by atoms with Gasteiger partial charge in [0, 0.05) is 25.2 Å². The minimum Gasteiger partial charge on any atom is -0.310 e. The number of carbonyl (C=O) groups is 1. The second-order valence-electron chi connectivity index (χ2n) is 6.06. The molecule has 10 heteroatoms. The Hall–Kier alpha value is -2.65. The zero-order valence-corrected chi connectivity index (χ0v) is 15.5. The molecule has 1 N–H and O–H groups in total. The lowest BCUT2D eigenvalue weighted by atomic mass is 10.2. The molecule has 0 radical (unpaired) electrons. The molecule has 7 nitrogen and oxygen atoms in total. The van der Waals surface area contributed by atoms with Crippen molar-refractivity contribution in [1.82, 2.24) is 9.38 Å². The SMILES string of the molecule is O=C1CCCN1c1ccc(NS(=O)(=O)c2c(Cl)nc3ccccn23)cc1F. The fourth-order valence-electron chi connectivity index (χ4n) is 3.08. The first-order valence-corrected chi connectivity index (χ1v) is 9.98. The molecule has 3 heterocycles. The van der Waals surface area contributed by atoms with Crippen LogP contribution in [0.3, 0.4) is 0 Å². The summed E-state index contributed by atoms with van der Waals surface area (Å²) in [5, 5.41) is -0.424. The summed E-state index contributed by atoms with van der Waals surface area (Å²) >= 11 is 6.01. The Morgan fingerprint density at radius 1 is 1.22 bits per heavy atom. The highest BCUT2D eigenvalue weighted by molar-refractivity contribution is 7.92. The molecular weight excluding hydrogens is 395 g/mol. The number of pyridine rings is 1. The molecule has 1 aromatic carbocycles.